The standard InChI is InChI=1S/6C12H24O2.O.Zr/c6*1-2-3-4-5-6-7-8-9-10-11-12(13)14;;/h6*2-11H2,1H3,(H,13,14);;/q;;;;;;+2;+4/p-6. The Morgan fingerprint density at radius 1 is 0.163 bits per heavy atom. The Balaban J connectivity index is -0.000000141. The Hall–Kier alpha value is -2.34. The first-order chi connectivity index (χ1) is 40.6. The summed E-state index contributed by atoms with van der Waals surface area (Å²) < 4.78 is 0. The van der Waals surface area contributed by atoms with Gasteiger partial charge in [0, 0.05) is 35.8 Å². The van der Waals surface area contributed by atoms with Crippen molar-refractivity contribution >= 4 is 35.8 Å². The molecule has 0 rings (SSSR count). The summed E-state index contributed by atoms with van der Waals surface area (Å²) in [6.45, 7) is 13.3. The van der Waals surface area contributed by atoms with Crippen molar-refractivity contribution in [1.82, 2.24) is 0 Å². The summed E-state index contributed by atoms with van der Waals surface area (Å²) in [7, 11) is 0. The smallest absolute Gasteiger partial charge is 0.550 e. The van der Waals surface area contributed by atoms with Gasteiger partial charge in [-0.1, -0.05) is 350 Å². The maximum atomic E-state index is 10.1. The van der Waals surface area contributed by atoms with E-state index in [1.165, 1.54) is 270 Å². The molecular weight excluding hydrogens is 1160 g/mol. The molecule has 0 atom stereocenters. The van der Waals surface area contributed by atoms with Crippen molar-refractivity contribution in [2.24, 2.45) is 0 Å². The van der Waals surface area contributed by atoms with E-state index < -0.39 is 35.8 Å². The van der Waals surface area contributed by atoms with E-state index in [4.69, 9.17) is 0 Å². The summed E-state index contributed by atoms with van der Waals surface area (Å²) in [4.78, 5) is 60.6. The second-order valence-corrected chi connectivity index (χ2v) is 23.7. The van der Waals surface area contributed by atoms with Gasteiger partial charge in [-0.15, -0.1) is 0 Å². The molecule has 0 fully saturated rings. The van der Waals surface area contributed by atoms with E-state index in [1.54, 1.807) is 0 Å². The summed E-state index contributed by atoms with van der Waals surface area (Å²) in [5.41, 5.74) is 0. The molecule has 0 saturated carbocycles. The Morgan fingerprint density at radius 2 is 0.233 bits per heavy atom. The van der Waals surface area contributed by atoms with Gasteiger partial charge in [-0.05, 0) is 77.0 Å². The number of hydrogen-bond acceptors (Lipinski definition) is 12. The number of carboxylic acid groups (broad SMARTS) is 6. The fraction of sp³-hybridized carbons (Fsp3) is 0.917. The van der Waals surface area contributed by atoms with Crippen LogP contribution in [0.3, 0.4) is 0 Å². The summed E-state index contributed by atoms with van der Waals surface area (Å²) in [5.74, 6) is -5.46. The second-order valence-electron chi connectivity index (χ2n) is 23.7. The van der Waals surface area contributed by atoms with Crippen LogP contribution in [-0.2, 0) is 60.4 Å². The van der Waals surface area contributed by atoms with Crippen LogP contribution < -0.4 is 30.6 Å². The molecule has 0 amide bonds. The zero-order valence-corrected chi connectivity index (χ0v) is 59.7. The fourth-order valence-electron chi connectivity index (χ4n) is 9.48. The Labute approximate surface area is 550 Å². The van der Waals surface area contributed by atoms with Crippen molar-refractivity contribution in [3.05, 3.63) is 0 Å². The Bertz CT molecular complexity index is 1050. The average molecular weight is 1300 g/mol. The van der Waals surface area contributed by atoms with Gasteiger partial charge in [0.25, 0.3) is 0 Å². The number of carboxylic acids is 6. The molecule has 13 nitrogen and oxygen atoms in total. The van der Waals surface area contributed by atoms with Crippen LogP contribution in [0.4, 0.5) is 0 Å². The van der Waals surface area contributed by atoms with Crippen molar-refractivity contribution in [3.8, 4) is 0 Å². The quantitative estimate of drug-likeness (QED) is 0.0514. The summed E-state index contributed by atoms with van der Waals surface area (Å²) in [6.07, 6.45) is 67.0. The van der Waals surface area contributed by atoms with Crippen LogP contribution in [0.2, 0.25) is 0 Å². The number of rotatable bonds is 60. The van der Waals surface area contributed by atoms with Gasteiger partial charge < -0.3 is 59.4 Å². The summed E-state index contributed by atoms with van der Waals surface area (Å²) in [6, 6.07) is 0. The van der Waals surface area contributed by atoms with E-state index in [0.717, 1.165) is 77.0 Å². The van der Waals surface area contributed by atoms with Gasteiger partial charge in [0.05, 0.1) is 0 Å². The first-order valence-electron chi connectivity index (χ1n) is 35.8. The van der Waals surface area contributed by atoms with E-state index in [1.807, 2.05) is 0 Å². The van der Waals surface area contributed by atoms with E-state index in [-0.39, 0.29) is 70.2 Å². The van der Waals surface area contributed by atoms with Crippen LogP contribution in [-0.4, -0.2) is 35.8 Å². The van der Waals surface area contributed by atoms with Crippen molar-refractivity contribution in [1.29, 1.82) is 0 Å². The van der Waals surface area contributed by atoms with Crippen LogP contribution in [0.1, 0.15) is 427 Å². The van der Waals surface area contributed by atoms with E-state index in [2.05, 4.69) is 41.5 Å². The van der Waals surface area contributed by atoms with Crippen LogP contribution in [0.25, 0.3) is 0 Å². The monoisotopic (exact) mass is 1300 g/mol. The van der Waals surface area contributed by atoms with Gasteiger partial charge in [-0.25, -0.2) is 0 Å². The van der Waals surface area contributed by atoms with Gasteiger partial charge in [0.2, 0.25) is 0 Å². The van der Waals surface area contributed by atoms with Gasteiger partial charge in [0.1, 0.15) is 0 Å². The van der Waals surface area contributed by atoms with Crippen molar-refractivity contribution in [3.63, 3.8) is 0 Å². The number of aliphatic carboxylic acids is 6. The molecule has 0 aliphatic carbocycles. The Kier molecular flexibility index (Phi) is 112. The minimum absolute atomic E-state index is 0. The van der Waals surface area contributed by atoms with Crippen molar-refractivity contribution in [2.45, 2.75) is 427 Å². The Morgan fingerprint density at radius 3 is 0.302 bits per heavy atom. The predicted molar refractivity (Wildman–Crippen MR) is 342 cm³/mol. The molecule has 0 saturated heterocycles. The fourth-order valence-corrected chi connectivity index (χ4v) is 9.48. The van der Waals surface area contributed by atoms with E-state index in [0.29, 0.717) is 0 Å². The molecule has 14 heteroatoms. The number of hydrogen-bond donors (Lipinski definition) is 0. The van der Waals surface area contributed by atoms with Crippen LogP contribution in [0, 0.1) is 0 Å². The second kappa shape index (κ2) is 96.3. The third kappa shape index (κ3) is 131. The van der Waals surface area contributed by atoms with Crippen LogP contribution in [0.15, 0.2) is 0 Å². The van der Waals surface area contributed by atoms with Gasteiger partial charge in [-0.2, -0.15) is 0 Å². The zero-order valence-electron chi connectivity index (χ0n) is 57.2. The molecular formula is C72H138O13Zr. The van der Waals surface area contributed by atoms with Gasteiger partial charge in [0.15, 0.2) is 0 Å². The molecule has 0 aromatic heterocycles. The largest absolute Gasteiger partial charge is 4.00 e. The molecule has 0 spiro atoms. The number of carbonyl (C=O) groups excluding carboxylic acids is 6. The van der Waals surface area contributed by atoms with E-state index >= 15 is 0 Å². The average Bonchev–Trinajstić information content (AvgIpc) is 3.45. The normalized spacial score (nSPS) is 10.1. The maximum absolute atomic E-state index is 10.1. The van der Waals surface area contributed by atoms with Crippen LogP contribution >= 0.6 is 0 Å². The molecule has 0 unspecified atom stereocenters. The molecule has 508 valence electrons. The molecule has 0 aromatic carbocycles. The topological polar surface area (TPSA) is 269 Å². The zero-order chi connectivity index (χ0) is 63.9. The molecule has 0 aliphatic heterocycles. The first kappa shape index (κ1) is 99.9. The third-order valence-electron chi connectivity index (χ3n) is 14.9. The van der Waals surface area contributed by atoms with Crippen molar-refractivity contribution < 1.29 is 91.1 Å². The molecule has 0 aromatic rings. The number of unbranched alkanes of at least 4 members (excludes halogenated alkanes) is 48. The number of carbonyl (C=O) groups is 6. The maximum Gasteiger partial charge on any atom is 4.00 e. The van der Waals surface area contributed by atoms with Gasteiger partial charge >= 0.3 is 31.7 Å². The third-order valence-corrected chi connectivity index (χ3v) is 14.9. The molecule has 0 N–H and O–H groups in total. The SMILES string of the molecule is CCCCCCCCCCCC(=O)[O-].CCCCCCCCCCCC(=O)[O-].CCCCCCCCCCCC(=O)[O-].CCCCCCCCCCCC(=O)[O-].CCCCCCCCCCCC(=O)[O-].CCCCCCCCCCCC(=O)[O-].[O+2].[Zr+4]. The summed E-state index contributed by atoms with van der Waals surface area (Å²) >= 11 is 0. The van der Waals surface area contributed by atoms with Gasteiger partial charge in [-0.3, -0.25) is 0 Å². The first-order valence-corrected chi connectivity index (χ1v) is 35.8. The minimum atomic E-state index is -0.909. The molecule has 0 bridgehead atoms. The van der Waals surface area contributed by atoms with E-state index in [9.17, 15) is 59.4 Å². The predicted octanol–water partition coefficient (Wildman–Crippen LogP) is 15.8. The summed E-state index contributed by atoms with van der Waals surface area (Å²) in [5, 5.41) is 60.6. The van der Waals surface area contributed by atoms with Crippen LogP contribution in [0.5, 0.6) is 0 Å². The molecule has 0 heterocycles. The molecule has 4 radical (unpaired) electrons. The molecule has 86 heavy (non-hydrogen) atoms. The van der Waals surface area contributed by atoms with Crippen molar-refractivity contribution in [2.75, 3.05) is 0 Å². The molecule has 0 aliphatic rings. The minimum Gasteiger partial charge on any atom is -0.550 e.